The van der Waals surface area contributed by atoms with Crippen LogP contribution in [0.4, 0.5) is 4.39 Å². The Morgan fingerprint density at radius 1 is 1.39 bits per heavy atom. The van der Waals surface area contributed by atoms with Crippen LogP contribution in [0.25, 0.3) is 10.4 Å². The number of aromatic carboxylic acids is 1. The Bertz CT molecular complexity index is 578. The predicted octanol–water partition coefficient (Wildman–Crippen LogP) is 2.70. The molecule has 0 spiro atoms. The number of benzene rings is 1. The molecule has 18 heavy (non-hydrogen) atoms. The fraction of sp³-hybridized carbons (Fsp3) is 0.167. The quantitative estimate of drug-likeness (QED) is 0.897. The molecule has 0 amide bonds. The van der Waals surface area contributed by atoms with Crippen molar-refractivity contribution in [2.75, 3.05) is 0 Å². The Morgan fingerprint density at radius 2 is 2.00 bits per heavy atom. The summed E-state index contributed by atoms with van der Waals surface area (Å²) in [6, 6.07) is 5.48. The van der Waals surface area contributed by atoms with Gasteiger partial charge < -0.3 is 10.2 Å². The van der Waals surface area contributed by atoms with E-state index in [0.29, 0.717) is 15.4 Å². The molecule has 1 atom stereocenters. The fourth-order valence-corrected chi connectivity index (χ4v) is 2.46. The van der Waals surface area contributed by atoms with Gasteiger partial charge >= 0.3 is 5.97 Å². The summed E-state index contributed by atoms with van der Waals surface area (Å²) in [5.41, 5.74) is 0.445. The number of halogens is 1. The highest BCUT2D eigenvalue weighted by Crippen LogP contribution is 2.33. The first-order chi connectivity index (χ1) is 8.49. The van der Waals surface area contributed by atoms with Crippen LogP contribution in [0.1, 0.15) is 28.5 Å². The highest BCUT2D eigenvalue weighted by atomic mass is 32.1. The molecule has 0 aliphatic carbocycles. The molecule has 1 aromatic carbocycles. The standard InChI is InChI=1S/C12H10FNO3S/c1-6(15)11-14-9(12(16)17)10(18-11)7-2-4-8(13)5-3-7/h2-6,15H,1H3,(H,16,17)/t6-/m0/s1. The Morgan fingerprint density at radius 3 is 2.50 bits per heavy atom. The normalized spacial score (nSPS) is 12.4. The van der Waals surface area contributed by atoms with Crippen molar-refractivity contribution >= 4 is 17.3 Å². The van der Waals surface area contributed by atoms with Gasteiger partial charge in [-0.05, 0) is 24.6 Å². The molecule has 0 saturated heterocycles. The smallest absolute Gasteiger partial charge is 0.356 e. The Balaban J connectivity index is 2.55. The Kier molecular flexibility index (Phi) is 3.40. The third-order valence-corrected chi connectivity index (χ3v) is 3.58. The number of carboxylic acids is 1. The van der Waals surface area contributed by atoms with Gasteiger partial charge in [-0.3, -0.25) is 0 Å². The molecule has 1 aromatic heterocycles. The lowest BCUT2D eigenvalue weighted by molar-refractivity contribution is 0.0691. The maximum Gasteiger partial charge on any atom is 0.356 e. The predicted molar refractivity (Wildman–Crippen MR) is 65.1 cm³/mol. The fourth-order valence-electron chi connectivity index (χ4n) is 1.46. The number of carbonyl (C=O) groups is 1. The molecule has 0 fully saturated rings. The second-order valence-corrected chi connectivity index (χ2v) is 4.75. The molecule has 0 unspecified atom stereocenters. The monoisotopic (exact) mass is 267 g/mol. The molecular weight excluding hydrogens is 257 g/mol. The SMILES string of the molecule is C[C@H](O)c1nc(C(=O)O)c(-c2ccc(F)cc2)s1. The molecule has 0 bridgehead atoms. The van der Waals surface area contributed by atoms with E-state index in [0.717, 1.165) is 11.3 Å². The summed E-state index contributed by atoms with van der Waals surface area (Å²) in [5.74, 6) is -1.56. The molecular formula is C12H10FNO3S. The minimum atomic E-state index is -1.17. The summed E-state index contributed by atoms with van der Waals surface area (Å²) < 4.78 is 12.8. The summed E-state index contributed by atoms with van der Waals surface area (Å²) in [7, 11) is 0. The van der Waals surface area contributed by atoms with Crippen molar-refractivity contribution in [1.82, 2.24) is 4.98 Å². The van der Waals surface area contributed by atoms with Gasteiger partial charge in [-0.1, -0.05) is 12.1 Å². The topological polar surface area (TPSA) is 70.4 Å². The van der Waals surface area contributed by atoms with Gasteiger partial charge in [0.05, 0.1) is 4.88 Å². The number of thiazole rings is 1. The molecule has 0 radical (unpaired) electrons. The number of rotatable bonds is 3. The van der Waals surface area contributed by atoms with Crippen LogP contribution in [0.15, 0.2) is 24.3 Å². The van der Waals surface area contributed by atoms with Gasteiger partial charge in [0.15, 0.2) is 5.69 Å². The second-order valence-electron chi connectivity index (χ2n) is 3.72. The lowest BCUT2D eigenvalue weighted by atomic mass is 10.1. The summed E-state index contributed by atoms with van der Waals surface area (Å²) in [4.78, 5) is 15.4. The van der Waals surface area contributed by atoms with Crippen LogP contribution in [0.5, 0.6) is 0 Å². The highest BCUT2D eigenvalue weighted by Gasteiger charge is 2.20. The Labute approximate surface area is 106 Å². The number of aromatic nitrogens is 1. The molecule has 0 saturated carbocycles. The number of aliphatic hydroxyl groups is 1. The first-order valence-electron chi connectivity index (χ1n) is 5.17. The van der Waals surface area contributed by atoms with Crippen molar-refractivity contribution in [1.29, 1.82) is 0 Å². The zero-order chi connectivity index (χ0) is 13.3. The van der Waals surface area contributed by atoms with Crippen molar-refractivity contribution in [3.05, 3.63) is 40.8 Å². The maximum atomic E-state index is 12.8. The van der Waals surface area contributed by atoms with Crippen molar-refractivity contribution in [2.45, 2.75) is 13.0 Å². The largest absolute Gasteiger partial charge is 0.476 e. The van der Waals surface area contributed by atoms with Gasteiger partial charge in [-0.15, -0.1) is 11.3 Å². The van der Waals surface area contributed by atoms with Crippen molar-refractivity contribution in [3.63, 3.8) is 0 Å². The van der Waals surface area contributed by atoms with Crippen LogP contribution in [0, 0.1) is 5.82 Å². The van der Waals surface area contributed by atoms with Crippen LogP contribution in [-0.2, 0) is 0 Å². The molecule has 2 aromatic rings. The number of aliphatic hydroxyl groups excluding tert-OH is 1. The molecule has 4 nitrogen and oxygen atoms in total. The van der Waals surface area contributed by atoms with E-state index < -0.39 is 17.9 Å². The van der Waals surface area contributed by atoms with E-state index in [-0.39, 0.29) is 5.69 Å². The van der Waals surface area contributed by atoms with Gasteiger partial charge in [0, 0.05) is 0 Å². The molecule has 1 heterocycles. The molecule has 6 heteroatoms. The third-order valence-electron chi connectivity index (χ3n) is 2.31. The third kappa shape index (κ3) is 2.39. The molecule has 0 aliphatic rings. The number of hydrogen-bond donors (Lipinski definition) is 2. The minimum absolute atomic E-state index is 0.123. The van der Waals surface area contributed by atoms with E-state index >= 15 is 0 Å². The Hall–Kier alpha value is -1.79. The van der Waals surface area contributed by atoms with Crippen LogP contribution in [0.3, 0.4) is 0 Å². The van der Waals surface area contributed by atoms with Crippen molar-refractivity contribution in [2.24, 2.45) is 0 Å². The van der Waals surface area contributed by atoms with Gasteiger partial charge in [0.25, 0.3) is 0 Å². The van der Waals surface area contributed by atoms with Gasteiger partial charge in [-0.2, -0.15) is 0 Å². The lowest BCUT2D eigenvalue weighted by Crippen LogP contribution is -2.00. The molecule has 2 rings (SSSR count). The van der Waals surface area contributed by atoms with Gasteiger partial charge in [0.1, 0.15) is 16.9 Å². The number of hydrogen-bond acceptors (Lipinski definition) is 4. The first-order valence-corrected chi connectivity index (χ1v) is 5.98. The maximum absolute atomic E-state index is 12.8. The molecule has 0 aliphatic heterocycles. The van der Waals surface area contributed by atoms with Gasteiger partial charge in [-0.25, -0.2) is 14.2 Å². The molecule has 94 valence electrons. The van der Waals surface area contributed by atoms with Crippen molar-refractivity contribution in [3.8, 4) is 10.4 Å². The minimum Gasteiger partial charge on any atom is -0.476 e. The van der Waals surface area contributed by atoms with Crippen LogP contribution in [-0.4, -0.2) is 21.2 Å². The molecule has 2 N–H and O–H groups in total. The van der Waals surface area contributed by atoms with Crippen LogP contribution in [0.2, 0.25) is 0 Å². The summed E-state index contributed by atoms with van der Waals surface area (Å²) in [6.45, 7) is 1.51. The average molecular weight is 267 g/mol. The highest BCUT2D eigenvalue weighted by molar-refractivity contribution is 7.15. The number of nitrogens with zero attached hydrogens (tertiary/aromatic N) is 1. The zero-order valence-corrected chi connectivity index (χ0v) is 10.2. The van der Waals surface area contributed by atoms with E-state index in [9.17, 15) is 14.3 Å². The summed E-state index contributed by atoms with van der Waals surface area (Å²) in [5, 5.41) is 18.8. The van der Waals surface area contributed by atoms with E-state index in [1.807, 2.05) is 0 Å². The second kappa shape index (κ2) is 4.83. The average Bonchev–Trinajstić information content (AvgIpc) is 2.75. The zero-order valence-electron chi connectivity index (χ0n) is 9.42. The van der Waals surface area contributed by atoms with E-state index in [4.69, 9.17) is 5.11 Å². The summed E-state index contributed by atoms with van der Waals surface area (Å²) >= 11 is 1.09. The summed E-state index contributed by atoms with van der Waals surface area (Å²) in [6.07, 6.45) is -0.831. The van der Waals surface area contributed by atoms with Crippen LogP contribution >= 0.6 is 11.3 Å². The number of carboxylic acid groups (broad SMARTS) is 1. The van der Waals surface area contributed by atoms with Crippen LogP contribution < -0.4 is 0 Å². The van der Waals surface area contributed by atoms with E-state index in [2.05, 4.69) is 4.98 Å². The lowest BCUT2D eigenvalue weighted by Gasteiger charge is -1.98. The van der Waals surface area contributed by atoms with Gasteiger partial charge in [0.2, 0.25) is 0 Å². The van der Waals surface area contributed by atoms with E-state index in [1.54, 1.807) is 0 Å². The first kappa shape index (κ1) is 12.7. The van der Waals surface area contributed by atoms with Crippen molar-refractivity contribution < 1.29 is 19.4 Å². The van der Waals surface area contributed by atoms with E-state index in [1.165, 1.54) is 31.2 Å².